The third kappa shape index (κ3) is 69.0. The van der Waals surface area contributed by atoms with E-state index in [9.17, 15) is 43.2 Å². The lowest BCUT2D eigenvalue weighted by Gasteiger charge is -2.21. The smallest absolute Gasteiger partial charge is 0.462 e. The zero-order chi connectivity index (χ0) is 70.3. The molecule has 0 heterocycles. The van der Waals surface area contributed by atoms with E-state index in [0.717, 1.165) is 120 Å². The fraction of sp³-hybridized carbons (Fsp3) is 0.947. The predicted octanol–water partition coefficient (Wildman–Crippen LogP) is 22.0. The second kappa shape index (κ2) is 65.4. The van der Waals surface area contributed by atoms with Gasteiger partial charge in [-0.15, -0.1) is 0 Å². The SMILES string of the molecule is CCC(C)CCCCCCCCC(=O)OC[C@H](COP(=O)(O)OC[C@H](O)COP(=O)(O)OC[C@@H](COC(=O)CCCCCCCCCCCC(C)C)OC(=O)CCCCCCCCCCCCCCC(C)C)OC(=O)CCCCCCCCCCCCCCCCCC(C)C. The van der Waals surface area contributed by atoms with Crippen molar-refractivity contribution in [2.24, 2.45) is 23.7 Å². The van der Waals surface area contributed by atoms with Crippen LogP contribution in [0.4, 0.5) is 0 Å². The van der Waals surface area contributed by atoms with Crippen molar-refractivity contribution in [3.8, 4) is 0 Å². The molecule has 0 bridgehead atoms. The molecule has 17 nitrogen and oxygen atoms in total. The number of carbonyl (C=O) groups is 4. The minimum atomic E-state index is -4.96. The zero-order valence-electron chi connectivity index (χ0n) is 62.3. The Morgan fingerprint density at radius 3 is 0.747 bits per heavy atom. The van der Waals surface area contributed by atoms with Crippen LogP contribution in [0, 0.1) is 23.7 Å². The normalized spacial score (nSPS) is 14.4. The molecule has 0 fully saturated rings. The molecule has 564 valence electrons. The number of hydrogen-bond donors (Lipinski definition) is 3. The lowest BCUT2D eigenvalue weighted by atomic mass is 10.00. The molecule has 0 aromatic heterocycles. The number of hydrogen-bond acceptors (Lipinski definition) is 15. The molecule has 3 unspecified atom stereocenters. The summed E-state index contributed by atoms with van der Waals surface area (Å²) in [6.45, 7) is 14.2. The van der Waals surface area contributed by atoms with Crippen molar-refractivity contribution in [2.75, 3.05) is 39.6 Å². The molecule has 0 rings (SSSR count). The van der Waals surface area contributed by atoms with Gasteiger partial charge in [0, 0.05) is 25.7 Å². The van der Waals surface area contributed by atoms with Gasteiger partial charge in [-0.25, -0.2) is 9.13 Å². The van der Waals surface area contributed by atoms with Gasteiger partial charge >= 0.3 is 39.5 Å². The molecule has 95 heavy (non-hydrogen) atoms. The number of esters is 4. The number of phosphoric acid groups is 2. The van der Waals surface area contributed by atoms with Crippen LogP contribution in [-0.2, 0) is 65.4 Å². The number of phosphoric ester groups is 2. The summed E-state index contributed by atoms with van der Waals surface area (Å²) < 4.78 is 68.5. The fourth-order valence-corrected chi connectivity index (χ4v) is 13.1. The Morgan fingerprint density at radius 2 is 0.505 bits per heavy atom. The molecule has 0 aliphatic heterocycles. The van der Waals surface area contributed by atoms with Gasteiger partial charge < -0.3 is 33.8 Å². The van der Waals surface area contributed by atoms with E-state index in [0.29, 0.717) is 25.7 Å². The van der Waals surface area contributed by atoms with E-state index in [1.54, 1.807) is 0 Å². The Bertz CT molecular complexity index is 1870. The summed E-state index contributed by atoms with van der Waals surface area (Å²) in [6.07, 6.45) is 50.0. The van der Waals surface area contributed by atoms with E-state index in [1.807, 2.05) is 0 Å². The van der Waals surface area contributed by atoms with Crippen LogP contribution in [0.3, 0.4) is 0 Å². The average Bonchev–Trinajstić information content (AvgIpc) is 3.70. The largest absolute Gasteiger partial charge is 0.472 e. The molecule has 19 heteroatoms. The van der Waals surface area contributed by atoms with E-state index in [1.165, 1.54) is 180 Å². The van der Waals surface area contributed by atoms with Crippen molar-refractivity contribution in [3.63, 3.8) is 0 Å². The van der Waals surface area contributed by atoms with Gasteiger partial charge in [0.05, 0.1) is 26.4 Å². The highest BCUT2D eigenvalue weighted by Crippen LogP contribution is 2.45. The zero-order valence-corrected chi connectivity index (χ0v) is 64.1. The maximum atomic E-state index is 13.1. The molecule has 0 aliphatic rings. The van der Waals surface area contributed by atoms with Gasteiger partial charge in [0.1, 0.15) is 19.3 Å². The van der Waals surface area contributed by atoms with Gasteiger partial charge in [-0.1, -0.05) is 331 Å². The molecular weight excluding hydrogens is 1250 g/mol. The average molecular weight is 1400 g/mol. The Kier molecular flexibility index (Phi) is 64.0. The summed E-state index contributed by atoms with van der Waals surface area (Å²) in [5.41, 5.74) is 0. The summed E-state index contributed by atoms with van der Waals surface area (Å²) in [6, 6.07) is 0. The second-order valence-corrected chi connectivity index (χ2v) is 32.0. The van der Waals surface area contributed by atoms with E-state index < -0.39 is 97.5 Å². The van der Waals surface area contributed by atoms with Gasteiger partial charge in [-0.3, -0.25) is 37.3 Å². The summed E-state index contributed by atoms with van der Waals surface area (Å²) >= 11 is 0. The third-order valence-corrected chi connectivity index (χ3v) is 19.8. The predicted molar refractivity (Wildman–Crippen MR) is 386 cm³/mol. The lowest BCUT2D eigenvalue weighted by Crippen LogP contribution is -2.30. The fourth-order valence-electron chi connectivity index (χ4n) is 11.5. The van der Waals surface area contributed by atoms with Crippen molar-refractivity contribution in [3.05, 3.63) is 0 Å². The van der Waals surface area contributed by atoms with Crippen LogP contribution in [0.1, 0.15) is 383 Å². The molecule has 3 N–H and O–H groups in total. The first-order valence-electron chi connectivity index (χ1n) is 39.2. The standard InChI is InChI=1S/C76H148O17P2/c1-9-69(8)55-47-39-34-35-41-49-57-74(79)87-63-72(93-76(81)58-50-42-32-25-19-14-12-10-11-13-17-22-28-36-44-52-66(2)3)65-91-95(84,85)89-61-70(77)60-88-94(82,83)90-64-71(62-86-73(78)56-48-40-31-27-21-24-30-38-46-54-68(6)7)92-75(80)59-51-43-33-26-20-16-15-18-23-29-37-45-53-67(4)5/h66-72,77H,9-65H2,1-8H3,(H,82,83)(H,84,85)/t69?,70-,71-,72-/m1/s1. The molecular formula is C76H148O17P2. The molecule has 0 radical (unpaired) electrons. The molecule has 6 atom stereocenters. The number of ether oxygens (including phenoxy) is 4. The summed E-state index contributed by atoms with van der Waals surface area (Å²) in [5.74, 6) is 0.932. The Hall–Kier alpha value is -1.94. The molecule has 0 aliphatic carbocycles. The first-order chi connectivity index (χ1) is 45.6. The van der Waals surface area contributed by atoms with Gasteiger partial charge in [-0.2, -0.15) is 0 Å². The molecule has 0 saturated heterocycles. The molecule has 0 aromatic carbocycles. The minimum absolute atomic E-state index is 0.106. The highest BCUT2D eigenvalue weighted by Gasteiger charge is 2.30. The van der Waals surface area contributed by atoms with E-state index in [4.69, 9.17) is 37.0 Å². The Morgan fingerprint density at radius 1 is 0.295 bits per heavy atom. The number of rotatable bonds is 73. The maximum absolute atomic E-state index is 13.1. The summed E-state index contributed by atoms with van der Waals surface area (Å²) in [4.78, 5) is 72.8. The van der Waals surface area contributed by atoms with Crippen molar-refractivity contribution in [1.29, 1.82) is 0 Å². The van der Waals surface area contributed by atoms with Crippen LogP contribution < -0.4 is 0 Å². The number of aliphatic hydroxyl groups excluding tert-OH is 1. The summed E-state index contributed by atoms with van der Waals surface area (Å²) in [5, 5.41) is 10.6. The Labute approximate surface area is 581 Å². The van der Waals surface area contributed by atoms with Gasteiger partial charge in [-0.05, 0) is 49.4 Å². The topological polar surface area (TPSA) is 237 Å². The highest BCUT2D eigenvalue weighted by molar-refractivity contribution is 7.47. The van der Waals surface area contributed by atoms with E-state index >= 15 is 0 Å². The molecule has 0 spiro atoms. The minimum Gasteiger partial charge on any atom is -0.462 e. The first-order valence-corrected chi connectivity index (χ1v) is 42.2. The highest BCUT2D eigenvalue weighted by atomic mass is 31.2. The monoisotopic (exact) mass is 1400 g/mol. The van der Waals surface area contributed by atoms with Crippen molar-refractivity contribution in [2.45, 2.75) is 401 Å². The van der Waals surface area contributed by atoms with Crippen LogP contribution in [0.5, 0.6) is 0 Å². The van der Waals surface area contributed by atoms with Crippen molar-refractivity contribution in [1.82, 2.24) is 0 Å². The quantitative estimate of drug-likeness (QED) is 0.0222. The second-order valence-electron chi connectivity index (χ2n) is 29.1. The molecule has 0 amide bonds. The van der Waals surface area contributed by atoms with Crippen LogP contribution in [0.2, 0.25) is 0 Å². The first kappa shape index (κ1) is 93.1. The maximum Gasteiger partial charge on any atom is 0.472 e. The van der Waals surface area contributed by atoms with Crippen LogP contribution >= 0.6 is 15.6 Å². The molecule has 0 saturated carbocycles. The lowest BCUT2D eigenvalue weighted by molar-refractivity contribution is -0.161. The summed E-state index contributed by atoms with van der Waals surface area (Å²) in [7, 11) is -9.91. The van der Waals surface area contributed by atoms with Gasteiger partial charge in [0.25, 0.3) is 0 Å². The van der Waals surface area contributed by atoms with Crippen molar-refractivity contribution >= 4 is 39.5 Å². The van der Waals surface area contributed by atoms with E-state index in [-0.39, 0.29) is 25.7 Å². The van der Waals surface area contributed by atoms with E-state index in [2.05, 4.69) is 55.4 Å². The van der Waals surface area contributed by atoms with Crippen LogP contribution in [0.25, 0.3) is 0 Å². The number of carbonyl (C=O) groups excluding carboxylic acids is 4. The van der Waals surface area contributed by atoms with Crippen LogP contribution in [-0.4, -0.2) is 96.7 Å². The van der Waals surface area contributed by atoms with Crippen molar-refractivity contribution < 1.29 is 80.2 Å². The Balaban J connectivity index is 5.24. The third-order valence-electron chi connectivity index (χ3n) is 17.9. The van der Waals surface area contributed by atoms with Gasteiger partial charge in [0.15, 0.2) is 12.2 Å². The van der Waals surface area contributed by atoms with Gasteiger partial charge in [0.2, 0.25) is 0 Å². The molecule has 0 aromatic rings. The van der Waals surface area contributed by atoms with Crippen LogP contribution in [0.15, 0.2) is 0 Å². The number of aliphatic hydroxyl groups is 1. The number of unbranched alkanes of at least 4 members (excludes halogenated alkanes) is 38.